The summed E-state index contributed by atoms with van der Waals surface area (Å²) in [4.78, 5) is 42.3. The molecule has 1 aromatic carbocycles. The zero-order chi connectivity index (χ0) is 20.3. The van der Waals surface area contributed by atoms with Crippen LogP contribution in [0.1, 0.15) is 40.5 Å². The second kappa shape index (κ2) is 6.29. The lowest BCUT2D eigenvalue weighted by Gasteiger charge is -2.33. The maximum absolute atomic E-state index is 13.2. The van der Waals surface area contributed by atoms with Crippen LogP contribution in [0, 0.1) is 6.92 Å². The van der Waals surface area contributed by atoms with E-state index in [2.05, 4.69) is 0 Å². The number of carbonyl (C=O) groups excluding carboxylic acids is 2. The Kier molecular flexibility index (Phi) is 3.93. The molecule has 3 atom stereocenters. The number of rotatable bonds is 2. The molecule has 2 aromatic rings. The molecule has 2 amide bonds. The standard InChI is InChI=1S/C22H23N3O4/c1-14-8-9-16(20(27)23(14)2)21(28)24-11-10-22-18(24)12-19(26)25(22)17(13-29-22)15-6-4-3-5-7-15/h3-9,17-18H,10-13H2,1-2H3/t17-,18+,22-/m0/s1. The Morgan fingerprint density at radius 2 is 1.90 bits per heavy atom. The van der Waals surface area contributed by atoms with Crippen LogP contribution >= 0.6 is 0 Å². The third-order valence-corrected chi connectivity index (χ3v) is 6.69. The van der Waals surface area contributed by atoms with Crippen LogP contribution in [0.5, 0.6) is 0 Å². The number of hydrogen-bond acceptors (Lipinski definition) is 4. The average Bonchev–Trinajstić information content (AvgIpc) is 3.35. The van der Waals surface area contributed by atoms with Gasteiger partial charge in [-0.05, 0) is 24.6 Å². The summed E-state index contributed by atoms with van der Waals surface area (Å²) in [5.41, 5.74) is 0.862. The fraction of sp³-hybridized carbons (Fsp3) is 0.409. The van der Waals surface area contributed by atoms with Crippen LogP contribution in [0.4, 0.5) is 0 Å². The Labute approximate surface area is 168 Å². The highest BCUT2D eigenvalue weighted by molar-refractivity contribution is 5.95. The topological polar surface area (TPSA) is 71.8 Å². The van der Waals surface area contributed by atoms with E-state index in [1.165, 1.54) is 4.57 Å². The molecule has 7 heteroatoms. The van der Waals surface area contributed by atoms with Crippen molar-refractivity contribution in [2.75, 3.05) is 13.2 Å². The first-order valence-corrected chi connectivity index (χ1v) is 9.93. The molecule has 0 N–H and O–H groups in total. The van der Waals surface area contributed by atoms with E-state index < -0.39 is 5.72 Å². The minimum atomic E-state index is -0.789. The first kappa shape index (κ1) is 18.1. The smallest absolute Gasteiger partial charge is 0.263 e. The van der Waals surface area contributed by atoms with Gasteiger partial charge in [0.1, 0.15) is 5.56 Å². The maximum atomic E-state index is 13.2. The highest BCUT2D eigenvalue weighted by atomic mass is 16.5. The number of amides is 2. The molecule has 0 bridgehead atoms. The Morgan fingerprint density at radius 3 is 2.66 bits per heavy atom. The van der Waals surface area contributed by atoms with E-state index in [0.29, 0.717) is 19.6 Å². The molecular formula is C22H23N3O4. The molecule has 3 aliphatic heterocycles. The third kappa shape index (κ3) is 2.43. The van der Waals surface area contributed by atoms with E-state index in [4.69, 9.17) is 4.74 Å². The van der Waals surface area contributed by atoms with Crippen LogP contribution in [-0.2, 0) is 16.6 Å². The Hall–Kier alpha value is -2.93. The molecule has 4 heterocycles. The van der Waals surface area contributed by atoms with Crippen LogP contribution in [-0.4, -0.2) is 51.1 Å². The van der Waals surface area contributed by atoms with Crippen LogP contribution in [0.25, 0.3) is 0 Å². The van der Waals surface area contributed by atoms with Gasteiger partial charge in [0, 0.05) is 25.7 Å². The first-order valence-electron chi connectivity index (χ1n) is 9.93. The molecule has 3 fully saturated rings. The number of pyridine rings is 1. The normalized spacial score (nSPS) is 28.0. The lowest BCUT2D eigenvalue weighted by Crippen LogP contribution is -2.49. The van der Waals surface area contributed by atoms with Crippen molar-refractivity contribution in [1.29, 1.82) is 0 Å². The summed E-state index contributed by atoms with van der Waals surface area (Å²) in [6.07, 6.45) is 0.784. The van der Waals surface area contributed by atoms with Gasteiger partial charge in [0.15, 0.2) is 5.72 Å². The van der Waals surface area contributed by atoms with Crippen LogP contribution in [0.3, 0.4) is 0 Å². The molecule has 3 aliphatic rings. The number of aromatic nitrogens is 1. The van der Waals surface area contributed by atoms with Gasteiger partial charge in [-0.25, -0.2) is 0 Å². The quantitative estimate of drug-likeness (QED) is 0.777. The van der Waals surface area contributed by atoms with Crippen molar-refractivity contribution >= 4 is 11.8 Å². The van der Waals surface area contributed by atoms with Crippen molar-refractivity contribution in [3.8, 4) is 0 Å². The molecule has 150 valence electrons. The molecule has 29 heavy (non-hydrogen) atoms. The lowest BCUT2D eigenvalue weighted by atomic mass is 10.0. The second-order valence-electron chi connectivity index (χ2n) is 8.07. The van der Waals surface area contributed by atoms with E-state index in [-0.39, 0.29) is 41.4 Å². The Bertz CT molecular complexity index is 1060. The fourth-order valence-electron chi connectivity index (χ4n) is 5.05. The lowest BCUT2D eigenvalue weighted by molar-refractivity contribution is -0.138. The van der Waals surface area contributed by atoms with Gasteiger partial charge in [-0.1, -0.05) is 30.3 Å². The van der Waals surface area contributed by atoms with Crippen molar-refractivity contribution in [2.24, 2.45) is 7.05 Å². The SMILES string of the molecule is Cc1ccc(C(=O)N2CC[C@@]34OC[C@@H](c5ccccc5)N3C(=O)C[C@@H]24)c(=O)n1C. The number of benzene rings is 1. The summed E-state index contributed by atoms with van der Waals surface area (Å²) in [6.45, 7) is 2.70. The van der Waals surface area contributed by atoms with Gasteiger partial charge in [-0.15, -0.1) is 0 Å². The molecular weight excluding hydrogens is 370 g/mol. The molecule has 0 saturated carbocycles. The average molecular weight is 393 g/mol. The zero-order valence-corrected chi connectivity index (χ0v) is 16.5. The predicted molar refractivity (Wildman–Crippen MR) is 105 cm³/mol. The molecule has 1 spiro atoms. The van der Waals surface area contributed by atoms with Gasteiger partial charge >= 0.3 is 0 Å². The van der Waals surface area contributed by atoms with Gasteiger partial charge < -0.3 is 19.1 Å². The Balaban J connectivity index is 1.48. The van der Waals surface area contributed by atoms with Crippen LogP contribution < -0.4 is 5.56 Å². The molecule has 1 aromatic heterocycles. The first-order chi connectivity index (χ1) is 13.9. The molecule has 0 aliphatic carbocycles. The summed E-state index contributed by atoms with van der Waals surface area (Å²) < 4.78 is 7.72. The van der Waals surface area contributed by atoms with E-state index in [0.717, 1.165) is 11.3 Å². The maximum Gasteiger partial charge on any atom is 0.263 e. The van der Waals surface area contributed by atoms with Crippen molar-refractivity contribution in [2.45, 2.75) is 37.6 Å². The monoisotopic (exact) mass is 393 g/mol. The minimum Gasteiger partial charge on any atom is -0.351 e. The van der Waals surface area contributed by atoms with Crippen molar-refractivity contribution < 1.29 is 14.3 Å². The number of likely N-dealkylation sites (tertiary alicyclic amines) is 1. The highest BCUT2D eigenvalue weighted by Crippen LogP contribution is 2.51. The van der Waals surface area contributed by atoms with E-state index in [1.54, 1.807) is 24.1 Å². The van der Waals surface area contributed by atoms with Crippen LogP contribution in [0.2, 0.25) is 0 Å². The van der Waals surface area contributed by atoms with E-state index in [9.17, 15) is 14.4 Å². The van der Waals surface area contributed by atoms with Crippen molar-refractivity contribution in [1.82, 2.24) is 14.4 Å². The number of ether oxygens (including phenoxy) is 1. The largest absolute Gasteiger partial charge is 0.351 e. The summed E-state index contributed by atoms with van der Waals surface area (Å²) in [5, 5.41) is 0. The third-order valence-electron chi connectivity index (χ3n) is 6.69. The highest BCUT2D eigenvalue weighted by Gasteiger charge is 2.65. The minimum absolute atomic E-state index is 0.00402. The Morgan fingerprint density at radius 1 is 1.14 bits per heavy atom. The van der Waals surface area contributed by atoms with Crippen molar-refractivity contribution in [3.05, 3.63) is 69.6 Å². The summed E-state index contributed by atoms with van der Waals surface area (Å²) >= 11 is 0. The predicted octanol–water partition coefficient (Wildman–Crippen LogP) is 1.61. The molecule has 5 rings (SSSR count). The summed E-state index contributed by atoms with van der Waals surface area (Å²) in [7, 11) is 1.66. The van der Waals surface area contributed by atoms with E-state index in [1.807, 2.05) is 42.2 Å². The molecule has 7 nitrogen and oxygen atoms in total. The van der Waals surface area contributed by atoms with E-state index >= 15 is 0 Å². The molecule has 3 saturated heterocycles. The zero-order valence-electron chi connectivity index (χ0n) is 16.5. The molecule has 0 radical (unpaired) electrons. The van der Waals surface area contributed by atoms with Gasteiger partial charge in [-0.3, -0.25) is 14.4 Å². The molecule has 0 unspecified atom stereocenters. The van der Waals surface area contributed by atoms with Gasteiger partial charge in [-0.2, -0.15) is 0 Å². The number of hydrogen-bond donors (Lipinski definition) is 0. The number of aryl methyl sites for hydroxylation is 1. The fourth-order valence-corrected chi connectivity index (χ4v) is 5.05. The van der Waals surface area contributed by atoms with Crippen LogP contribution in [0.15, 0.2) is 47.3 Å². The second-order valence-corrected chi connectivity index (χ2v) is 8.07. The number of nitrogens with zero attached hydrogens (tertiary/aromatic N) is 3. The van der Waals surface area contributed by atoms with Gasteiger partial charge in [0.05, 0.1) is 25.1 Å². The summed E-state index contributed by atoms with van der Waals surface area (Å²) in [6, 6.07) is 12.7. The summed E-state index contributed by atoms with van der Waals surface area (Å²) in [5.74, 6) is -0.329. The van der Waals surface area contributed by atoms with Crippen molar-refractivity contribution in [3.63, 3.8) is 0 Å². The van der Waals surface area contributed by atoms with Gasteiger partial charge in [0.2, 0.25) is 5.91 Å². The van der Waals surface area contributed by atoms with Gasteiger partial charge in [0.25, 0.3) is 11.5 Å². The number of carbonyl (C=O) groups is 2.